The van der Waals surface area contributed by atoms with E-state index in [9.17, 15) is 5.11 Å². The summed E-state index contributed by atoms with van der Waals surface area (Å²) >= 11 is 3.60. The Morgan fingerprint density at radius 3 is 2.41 bits per heavy atom. The number of aliphatic hydroxyl groups excluding tert-OH is 1. The highest BCUT2D eigenvalue weighted by Crippen LogP contribution is 2.34. The summed E-state index contributed by atoms with van der Waals surface area (Å²) in [6.45, 7) is 10.3. The van der Waals surface area contributed by atoms with Gasteiger partial charge in [0.05, 0.1) is 11.1 Å². The molecule has 3 heterocycles. The van der Waals surface area contributed by atoms with Crippen LogP contribution in [0.1, 0.15) is 35.4 Å². The van der Waals surface area contributed by atoms with E-state index in [1.165, 1.54) is 28.0 Å². The smallest absolute Gasteiger partial charge is 0.150 e. The van der Waals surface area contributed by atoms with Crippen LogP contribution in [-0.4, -0.2) is 39.3 Å². The van der Waals surface area contributed by atoms with Crippen LogP contribution in [0.5, 0.6) is 0 Å². The number of nitrogens with zero attached hydrogens (tertiary/aromatic N) is 4. The fourth-order valence-electron chi connectivity index (χ4n) is 4.35. The maximum atomic E-state index is 9.21. The van der Waals surface area contributed by atoms with Crippen molar-refractivity contribution in [3.8, 4) is 5.69 Å². The summed E-state index contributed by atoms with van der Waals surface area (Å²) in [5.41, 5.74) is 7.08. The molecule has 0 saturated heterocycles. The molecule has 0 atom stereocenters. The molecule has 1 N–H and O–H groups in total. The number of benzene rings is 1. The Balaban J connectivity index is 1.86. The lowest BCUT2D eigenvalue weighted by molar-refractivity contribution is 0.297. The molecule has 0 bridgehead atoms. The first-order valence-corrected chi connectivity index (χ1v) is 10.9. The van der Waals surface area contributed by atoms with Gasteiger partial charge in [-0.15, -0.1) is 0 Å². The number of aryl methyl sites for hydroxylation is 4. The quantitative estimate of drug-likeness (QED) is 0.567. The predicted molar refractivity (Wildman–Crippen MR) is 122 cm³/mol. The molecule has 0 spiro atoms. The van der Waals surface area contributed by atoms with Crippen LogP contribution in [0.4, 0.5) is 5.82 Å². The maximum Gasteiger partial charge on any atom is 0.150 e. The number of hydrogen-bond acceptors (Lipinski definition) is 4. The average molecular weight is 455 g/mol. The topological polar surface area (TPSA) is 54.2 Å². The van der Waals surface area contributed by atoms with Crippen LogP contribution in [0.15, 0.2) is 34.5 Å². The van der Waals surface area contributed by atoms with Crippen LogP contribution in [0, 0.1) is 27.7 Å². The highest BCUT2D eigenvalue weighted by Gasteiger charge is 2.22. The summed E-state index contributed by atoms with van der Waals surface area (Å²) in [6, 6.07) is 4.30. The van der Waals surface area contributed by atoms with Gasteiger partial charge in [-0.2, -0.15) is 0 Å². The van der Waals surface area contributed by atoms with Gasteiger partial charge in [0.25, 0.3) is 0 Å². The SMILES string of the molecule is Cc1nc(N2CC=C(CCO)CC2)c2c(C)cn(-c3c(C)cc(Br)cc3C)c2n1. The lowest BCUT2D eigenvalue weighted by atomic mass is 10.0. The van der Waals surface area contributed by atoms with Gasteiger partial charge in [0.1, 0.15) is 11.6 Å². The third-order valence-corrected chi connectivity index (χ3v) is 6.12. The predicted octanol–water partition coefficient (Wildman–Crippen LogP) is 4.94. The van der Waals surface area contributed by atoms with Crippen molar-refractivity contribution in [2.24, 2.45) is 0 Å². The molecule has 0 saturated carbocycles. The number of hydrogen-bond donors (Lipinski definition) is 1. The van der Waals surface area contributed by atoms with Gasteiger partial charge in [0, 0.05) is 30.4 Å². The molecule has 1 aromatic carbocycles. The van der Waals surface area contributed by atoms with Crippen molar-refractivity contribution < 1.29 is 5.11 Å². The van der Waals surface area contributed by atoms with E-state index in [-0.39, 0.29) is 6.61 Å². The first-order chi connectivity index (χ1) is 13.9. The molecule has 0 fully saturated rings. The van der Waals surface area contributed by atoms with Crippen LogP contribution >= 0.6 is 15.9 Å². The van der Waals surface area contributed by atoms with E-state index < -0.39 is 0 Å². The Bertz CT molecular complexity index is 1090. The summed E-state index contributed by atoms with van der Waals surface area (Å²) < 4.78 is 3.31. The number of aliphatic hydroxyl groups is 1. The normalized spacial score (nSPS) is 14.6. The van der Waals surface area contributed by atoms with Gasteiger partial charge in [-0.05, 0) is 69.4 Å². The van der Waals surface area contributed by atoms with Crippen LogP contribution in [0.3, 0.4) is 0 Å². The number of rotatable bonds is 4. The van der Waals surface area contributed by atoms with Crippen LogP contribution in [0.2, 0.25) is 0 Å². The summed E-state index contributed by atoms with van der Waals surface area (Å²) in [5.74, 6) is 1.79. The van der Waals surface area contributed by atoms with E-state index in [0.717, 1.165) is 53.1 Å². The monoisotopic (exact) mass is 454 g/mol. The van der Waals surface area contributed by atoms with Crippen LogP contribution < -0.4 is 4.90 Å². The molecular formula is C23H27BrN4O. The highest BCUT2D eigenvalue weighted by atomic mass is 79.9. The second kappa shape index (κ2) is 7.92. The fraction of sp³-hybridized carbons (Fsp3) is 0.391. The van der Waals surface area contributed by atoms with E-state index in [1.807, 2.05) is 6.92 Å². The first kappa shape index (κ1) is 20.1. The second-order valence-electron chi connectivity index (χ2n) is 7.90. The number of aromatic nitrogens is 3. The Labute approximate surface area is 180 Å². The van der Waals surface area contributed by atoms with E-state index in [2.05, 4.69) is 70.6 Å². The number of anilines is 1. The molecule has 1 aliphatic rings. The summed E-state index contributed by atoms with van der Waals surface area (Å²) in [6.07, 6.45) is 6.15. The van der Waals surface area contributed by atoms with E-state index in [1.54, 1.807) is 0 Å². The van der Waals surface area contributed by atoms with Gasteiger partial charge in [-0.25, -0.2) is 9.97 Å². The van der Waals surface area contributed by atoms with Gasteiger partial charge < -0.3 is 14.6 Å². The minimum atomic E-state index is 0.219. The molecule has 0 amide bonds. The van der Waals surface area contributed by atoms with E-state index in [4.69, 9.17) is 9.97 Å². The zero-order chi connectivity index (χ0) is 20.7. The Kier molecular flexibility index (Phi) is 5.49. The Hall–Kier alpha value is -2.18. The number of halogens is 1. The van der Waals surface area contributed by atoms with Crippen molar-refractivity contribution in [1.29, 1.82) is 0 Å². The zero-order valence-corrected chi connectivity index (χ0v) is 19.0. The fourth-order valence-corrected chi connectivity index (χ4v) is 5.03. The molecule has 1 aliphatic heterocycles. The molecule has 0 radical (unpaired) electrons. The Morgan fingerprint density at radius 2 is 1.79 bits per heavy atom. The van der Waals surface area contributed by atoms with Crippen LogP contribution in [0.25, 0.3) is 16.7 Å². The third-order valence-electron chi connectivity index (χ3n) is 5.66. The van der Waals surface area contributed by atoms with E-state index >= 15 is 0 Å². The summed E-state index contributed by atoms with van der Waals surface area (Å²) in [7, 11) is 0. The van der Waals surface area contributed by atoms with Gasteiger partial charge in [0.2, 0.25) is 0 Å². The van der Waals surface area contributed by atoms with Crippen LogP contribution in [-0.2, 0) is 0 Å². The zero-order valence-electron chi connectivity index (χ0n) is 17.5. The molecular weight excluding hydrogens is 428 g/mol. The average Bonchev–Trinajstić information content (AvgIpc) is 2.97. The van der Waals surface area contributed by atoms with Gasteiger partial charge >= 0.3 is 0 Å². The van der Waals surface area contributed by atoms with Crippen molar-refractivity contribution in [1.82, 2.24) is 14.5 Å². The number of fused-ring (bicyclic) bond motifs is 1. The Morgan fingerprint density at radius 1 is 1.07 bits per heavy atom. The minimum absolute atomic E-state index is 0.219. The van der Waals surface area contributed by atoms with Gasteiger partial charge in [0.15, 0.2) is 5.65 Å². The van der Waals surface area contributed by atoms with E-state index in [0.29, 0.717) is 0 Å². The second-order valence-corrected chi connectivity index (χ2v) is 8.81. The molecule has 0 unspecified atom stereocenters. The third kappa shape index (κ3) is 3.71. The lowest BCUT2D eigenvalue weighted by Crippen LogP contribution is -2.30. The molecule has 29 heavy (non-hydrogen) atoms. The minimum Gasteiger partial charge on any atom is -0.396 e. The largest absolute Gasteiger partial charge is 0.396 e. The van der Waals surface area contributed by atoms with Crippen molar-refractivity contribution in [3.05, 3.63) is 57.0 Å². The molecule has 0 aliphatic carbocycles. The summed E-state index contributed by atoms with van der Waals surface area (Å²) in [5, 5.41) is 10.3. The molecule has 4 rings (SSSR count). The van der Waals surface area contributed by atoms with Gasteiger partial charge in [-0.3, -0.25) is 0 Å². The highest BCUT2D eigenvalue weighted by molar-refractivity contribution is 9.10. The first-order valence-electron chi connectivity index (χ1n) is 10.1. The molecule has 6 heteroatoms. The molecule has 2 aromatic heterocycles. The van der Waals surface area contributed by atoms with Crippen molar-refractivity contribution in [2.45, 2.75) is 40.5 Å². The maximum absolute atomic E-state index is 9.21. The lowest BCUT2D eigenvalue weighted by Gasteiger charge is -2.28. The van der Waals surface area contributed by atoms with Crippen molar-refractivity contribution >= 4 is 32.8 Å². The molecule has 5 nitrogen and oxygen atoms in total. The molecule has 3 aromatic rings. The van der Waals surface area contributed by atoms with Crippen molar-refractivity contribution in [3.63, 3.8) is 0 Å². The van der Waals surface area contributed by atoms with Crippen molar-refractivity contribution in [2.75, 3.05) is 24.6 Å². The molecule has 152 valence electrons. The summed E-state index contributed by atoms with van der Waals surface area (Å²) in [4.78, 5) is 12.0. The standard InChI is InChI=1S/C23H27BrN4O/c1-14-11-19(24)12-15(2)21(14)28-13-16(3)20-22(25-17(4)26-23(20)28)27-8-5-18(6-9-27)7-10-29/h5,11-13,29H,6-10H2,1-4H3. The van der Waals surface area contributed by atoms with Gasteiger partial charge in [-0.1, -0.05) is 27.6 Å².